The molecule has 0 amide bonds. The topological polar surface area (TPSA) is 116 Å². The second-order valence-electron chi connectivity index (χ2n) is 7.43. The first-order valence-corrected chi connectivity index (χ1v) is 12.9. The summed E-state index contributed by atoms with van der Waals surface area (Å²) in [7, 11) is -8.56. The van der Waals surface area contributed by atoms with Gasteiger partial charge in [0.25, 0.3) is 20.2 Å². The second kappa shape index (κ2) is 10.5. The number of phenolic OH excluding ortho intramolecular Hbond substituents is 1. The number of rotatable bonds is 10. The average Bonchev–Trinajstić information content (AvgIpc) is 2.78. The van der Waals surface area contributed by atoms with Crippen LogP contribution in [0.5, 0.6) is 11.5 Å². The third kappa shape index (κ3) is 6.54. The van der Waals surface area contributed by atoms with Crippen LogP contribution in [0.15, 0.2) is 76.5 Å². The summed E-state index contributed by atoms with van der Waals surface area (Å²) >= 11 is 0. The lowest BCUT2D eigenvalue weighted by molar-refractivity contribution is 0.0870. The number of halogens is 1. The van der Waals surface area contributed by atoms with Crippen LogP contribution < -0.4 is 4.74 Å². The molecule has 182 valence electrons. The van der Waals surface area contributed by atoms with Crippen LogP contribution in [-0.4, -0.2) is 41.3 Å². The van der Waals surface area contributed by atoms with Crippen LogP contribution in [0.25, 0.3) is 0 Å². The van der Waals surface area contributed by atoms with Crippen molar-refractivity contribution in [3.8, 4) is 11.5 Å². The van der Waals surface area contributed by atoms with Crippen molar-refractivity contribution in [3.63, 3.8) is 0 Å². The van der Waals surface area contributed by atoms with Crippen LogP contribution in [0.3, 0.4) is 0 Å². The van der Waals surface area contributed by atoms with Gasteiger partial charge in [0.2, 0.25) is 0 Å². The quantitative estimate of drug-likeness (QED) is 0.411. The molecule has 3 aromatic carbocycles. The molecule has 1 N–H and O–H groups in total. The molecule has 0 saturated carbocycles. The molecule has 11 heteroatoms. The Hall–Kier alpha value is -2.99. The molecule has 0 bridgehead atoms. The third-order valence-electron chi connectivity index (χ3n) is 4.67. The minimum Gasteiger partial charge on any atom is -0.502 e. The molecule has 0 aliphatic carbocycles. The standard InChI is InChI=1S/C23H23FO8S2/c1-16-6-10-19(11-7-16)33(26,27)31-15-18(14-30-22-5-3-4-21(24)23(22)25)32-34(28,29)20-12-8-17(2)9-13-20/h3-13,18,25H,14-15H2,1-2H3/t18-/m1/s1. The van der Waals surface area contributed by atoms with Gasteiger partial charge in [-0.1, -0.05) is 41.5 Å². The van der Waals surface area contributed by atoms with Crippen LogP contribution in [0, 0.1) is 19.7 Å². The number of phenols is 1. The van der Waals surface area contributed by atoms with Gasteiger partial charge in [0.15, 0.2) is 17.3 Å². The minimum atomic E-state index is -4.33. The smallest absolute Gasteiger partial charge is 0.297 e. The zero-order valence-corrected chi connectivity index (χ0v) is 20.0. The van der Waals surface area contributed by atoms with E-state index in [1.54, 1.807) is 38.1 Å². The van der Waals surface area contributed by atoms with Crippen molar-refractivity contribution in [3.05, 3.63) is 83.7 Å². The first kappa shape index (κ1) is 25.6. The van der Waals surface area contributed by atoms with Crippen molar-refractivity contribution >= 4 is 20.2 Å². The van der Waals surface area contributed by atoms with E-state index in [4.69, 9.17) is 13.1 Å². The maximum Gasteiger partial charge on any atom is 0.297 e. The highest BCUT2D eigenvalue weighted by Crippen LogP contribution is 2.29. The summed E-state index contributed by atoms with van der Waals surface area (Å²) in [6.07, 6.45) is -1.45. The maximum absolute atomic E-state index is 13.6. The van der Waals surface area contributed by atoms with Gasteiger partial charge in [-0.25, -0.2) is 4.39 Å². The zero-order valence-electron chi connectivity index (χ0n) is 18.3. The normalized spacial score (nSPS) is 12.9. The molecule has 8 nitrogen and oxygen atoms in total. The molecule has 0 radical (unpaired) electrons. The predicted molar refractivity (Wildman–Crippen MR) is 121 cm³/mol. The lowest BCUT2D eigenvalue weighted by Crippen LogP contribution is -2.31. The Balaban J connectivity index is 1.81. The first-order valence-electron chi connectivity index (χ1n) is 10.0. The van der Waals surface area contributed by atoms with Gasteiger partial charge in [0.1, 0.15) is 12.7 Å². The van der Waals surface area contributed by atoms with E-state index < -0.39 is 51.1 Å². The Kier molecular flexibility index (Phi) is 7.93. The van der Waals surface area contributed by atoms with E-state index in [2.05, 4.69) is 0 Å². The molecule has 0 unspecified atom stereocenters. The molecule has 1 atom stereocenters. The van der Waals surface area contributed by atoms with Crippen LogP contribution in [0.1, 0.15) is 11.1 Å². The summed E-state index contributed by atoms with van der Waals surface area (Å²) in [6.45, 7) is 2.28. The molecule has 0 aliphatic heterocycles. The van der Waals surface area contributed by atoms with Crippen LogP contribution in [0.4, 0.5) is 4.39 Å². The number of aromatic hydroxyl groups is 1. The van der Waals surface area contributed by atoms with E-state index in [1.807, 2.05) is 0 Å². The second-order valence-corrected chi connectivity index (χ2v) is 10.6. The highest BCUT2D eigenvalue weighted by atomic mass is 32.2. The molecule has 34 heavy (non-hydrogen) atoms. The van der Waals surface area contributed by atoms with E-state index in [-0.39, 0.29) is 15.5 Å². The first-order chi connectivity index (χ1) is 16.0. The summed E-state index contributed by atoms with van der Waals surface area (Å²) in [6, 6.07) is 15.2. The van der Waals surface area contributed by atoms with Gasteiger partial charge in [-0.05, 0) is 50.2 Å². The maximum atomic E-state index is 13.6. The summed E-state index contributed by atoms with van der Waals surface area (Å²) in [5.74, 6) is -2.00. The number of hydrogen-bond donors (Lipinski definition) is 1. The van der Waals surface area contributed by atoms with Gasteiger partial charge >= 0.3 is 0 Å². The molecule has 0 heterocycles. The number of aryl methyl sites for hydroxylation is 2. The summed E-state index contributed by atoms with van der Waals surface area (Å²) in [4.78, 5) is -0.278. The van der Waals surface area contributed by atoms with Crippen LogP contribution in [-0.2, 0) is 28.6 Å². The van der Waals surface area contributed by atoms with Crippen molar-refractivity contribution in [2.75, 3.05) is 13.2 Å². The van der Waals surface area contributed by atoms with Gasteiger partial charge in [-0.3, -0.25) is 8.37 Å². The van der Waals surface area contributed by atoms with E-state index >= 15 is 0 Å². The molecule has 0 saturated heterocycles. The van der Waals surface area contributed by atoms with Gasteiger partial charge in [0.05, 0.1) is 16.4 Å². The van der Waals surface area contributed by atoms with Gasteiger partial charge in [-0.2, -0.15) is 16.8 Å². The number of para-hydroxylation sites is 1. The lowest BCUT2D eigenvalue weighted by atomic mass is 10.2. The molecule has 0 fully saturated rings. The van der Waals surface area contributed by atoms with Crippen molar-refractivity contribution in [2.45, 2.75) is 29.7 Å². The monoisotopic (exact) mass is 510 g/mol. The highest BCUT2D eigenvalue weighted by Gasteiger charge is 2.26. The lowest BCUT2D eigenvalue weighted by Gasteiger charge is -2.19. The van der Waals surface area contributed by atoms with Gasteiger partial charge < -0.3 is 9.84 Å². The Labute approximate surface area is 197 Å². The molecule has 3 aromatic rings. The predicted octanol–water partition coefficient (Wildman–Crippen LogP) is 3.71. The zero-order chi connectivity index (χ0) is 24.9. The molecule has 0 aliphatic rings. The SMILES string of the molecule is Cc1ccc(S(=O)(=O)OC[C@@H](COc2cccc(F)c2O)OS(=O)(=O)c2ccc(C)cc2)cc1. The largest absolute Gasteiger partial charge is 0.502 e. The minimum absolute atomic E-state index is 0.123. The number of hydrogen-bond acceptors (Lipinski definition) is 8. The van der Waals surface area contributed by atoms with Crippen LogP contribution >= 0.6 is 0 Å². The van der Waals surface area contributed by atoms with Crippen molar-refractivity contribution < 1.29 is 39.4 Å². The number of benzene rings is 3. The van der Waals surface area contributed by atoms with E-state index in [9.17, 15) is 26.3 Å². The molecule has 0 spiro atoms. The Bertz CT molecular complexity index is 1340. The van der Waals surface area contributed by atoms with E-state index in [0.717, 1.165) is 17.2 Å². The third-order valence-corrected chi connectivity index (χ3v) is 7.34. The summed E-state index contributed by atoms with van der Waals surface area (Å²) in [5.41, 5.74) is 1.67. The molecule has 3 rings (SSSR count). The Morgan fingerprint density at radius 1 is 0.794 bits per heavy atom. The summed E-state index contributed by atoms with van der Waals surface area (Å²) in [5, 5.41) is 9.79. The van der Waals surface area contributed by atoms with Crippen LogP contribution in [0.2, 0.25) is 0 Å². The van der Waals surface area contributed by atoms with Gasteiger partial charge in [-0.15, -0.1) is 0 Å². The van der Waals surface area contributed by atoms with Gasteiger partial charge in [0, 0.05) is 0 Å². The Morgan fingerprint density at radius 3 is 1.88 bits per heavy atom. The average molecular weight is 511 g/mol. The Morgan fingerprint density at radius 2 is 1.32 bits per heavy atom. The number of ether oxygens (including phenoxy) is 1. The van der Waals surface area contributed by atoms with E-state index in [0.29, 0.717) is 0 Å². The van der Waals surface area contributed by atoms with Crippen molar-refractivity contribution in [1.29, 1.82) is 0 Å². The fourth-order valence-corrected chi connectivity index (χ4v) is 4.76. The van der Waals surface area contributed by atoms with Crippen molar-refractivity contribution in [2.24, 2.45) is 0 Å². The molecular weight excluding hydrogens is 487 g/mol. The summed E-state index contributed by atoms with van der Waals surface area (Å²) < 4.78 is 79.6. The molecular formula is C23H23FO8S2. The fourth-order valence-electron chi connectivity index (χ4n) is 2.78. The van der Waals surface area contributed by atoms with E-state index in [1.165, 1.54) is 36.4 Å². The van der Waals surface area contributed by atoms with Crippen molar-refractivity contribution in [1.82, 2.24) is 0 Å². The fraction of sp³-hybridized carbons (Fsp3) is 0.217. The molecule has 0 aromatic heterocycles. The highest BCUT2D eigenvalue weighted by molar-refractivity contribution is 7.87.